The van der Waals surface area contributed by atoms with Crippen molar-refractivity contribution in [3.05, 3.63) is 39.3 Å². The number of hydrogen-bond acceptors (Lipinski definition) is 5. The summed E-state index contributed by atoms with van der Waals surface area (Å²) in [5.74, 6) is 5.08. The first-order chi connectivity index (χ1) is 9.92. The standard InChI is InChI=1S/C12H8Cl2N2O3S2/c13-8-3-4-10(14)11(6-8)21(18,19)16-12-15-7-9(20-12)2-1-5-17/h3-4,6-7,17H,5H2,(H,15,16). The first kappa shape index (κ1) is 16.1. The third kappa shape index (κ3) is 4.09. The molecule has 0 saturated heterocycles. The Labute approximate surface area is 135 Å². The number of halogens is 2. The van der Waals surface area contributed by atoms with Gasteiger partial charge in [0.05, 0.1) is 16.1 Å². The number of rotatable bonds is 3. The van der Waals surface area contributed by atoms with Crippen LogP contribution < -0.4 is 4.72 Å². The van der Waals surface area contributed by atoms with Gasteiger partial charge < -0.3 is 5.11 Å². The molecular weight excluding hydrogens is 355 g/mol. The molecule has 0 radical (unpaired) electrons. The highest BCUT2D eigenvalue weighted by molar-refractivity contribution is 7.93. The van der Waals surface area contributed by atoms with Gasteiger partial charge in [-0.15, -0.1) is 0 Å². The summed E-state index contributed by atoms with van der Waals surface area (Å²) in [4.78, 5) is 4.30. The fourth-order valence-corrected chi connectivity index (χ4v) is 4.06. The average Bonchev–Trinajstić information content (AvgIpc) is 2.86. The molecule has 110 valence electrons. The van der Waals surface area contributed by atoms with E-state index < -0.39 is 10.0 Å². The van der Waals surface area contributed by atoms with Crippen molar-refractivity contribution in [2.75, 3.05) is 11.3 Å². The second kappa shape index (κ2) is 6.64. The molecule has 0 atom stereocenters. The van der Waals surface area contributed by atoms with Gasteiger partial charge in [-0.25, -0.2) is 13.4 Å². The van der Waals surface area contributed by atoms with Crippen LogP contribution in [-0.4, -0.2) is 25.1 Å². The molecule has 9 heteroatoms. The highest BCUT2D eigenvalue weighted by Gasteiger charge is 2.20. The molecule has 2 rings (SSSR count). The van der Waals surface area contributed by atoms with Crippen molar-refractivity contribution in [2.24, 2.45) is 0 Å². The van der Waals surface area contributed by atoms with Crippen LogP contribution >= 0.6 is 34.5 Å². The fourth-order valence-electron chi connectivity index (χ4n) is 1.36. The van der Waals surface area contributed by atoms with Crippen molar-refractivity contribution >= 4 is 49.7 Å². The van der Waals surface area contributed by atoms with Gasteiger partial charge in [0, 0.05) is 5.02 Å². The van der Waals surface area contributed by atoms with Crippen molar-refractivity contribution in [1.82, 2.24) is 4.98 Å². The molecule has 21 heavy (non-hydrogen) atoms. The predicted octanol–water partition coefficient (Wildman–Crippen LogP) is 2.59. The first-order valence-electron chi connectivity index (χ1n) is 5.46. The Kier molecular flexibility index (Phi) is 5.08. The quantitative estimate of drug-likeness (QED) is 0.822. The summed E-state index contributed by atoms with van der Waals surface area (Å²) < 4.78 is 26.8. The van der Waals surface area contributed by atoms with Crippen LogP contribution in [0.4, 0.5) is 5.13 Å². The molecule has 2 N–H and O–H groups in total. The molecule has 0 unspecified atom stereocenters. The number of aliphatic hydroxyl groups is 1. The lowest BCUT2D eigenvalue weighted by Crippen LogP contribution is -2.13. The van der Waals surface area contributed by atoms with Gasteiger partial charge in [-0.2, -0.15) is 0 Å². The molecule has 1 aromatic carbocycles. The Balaban J connectivity index is 2.29. The predicted molar refractivity (Wildman–Crippen MR) is 83.3 cm³/mol. The van der Waals surface area contributed by atoms with Crippen LogP contribution in [0, 0.1) is 11.8 Å². The van der Waals surface area contributed by atoms with Crippen molar-refractivity contribution in [3.8, 4) is 11.8 Å². The lowest BCUT2D eigenvalue weighted by molar-refractivity contribution is 0.350. The number of thiazole rings is 1. The molecule has 0 amide bonds. The van der Waals surface area contributed by atoms with E-state index in [1.54, 1.807) is 0 Å². The third-order valence-corrected chi connectivity index (χ3v) is 5.21. The largest absolute Gasteiger partial charge is 0.384 e. The van der Waals surface area contributed by atoms with Crippen molar-refractivity contribution in [2.45, 2.75) is 4.90 Å². The van der Waals surface area contributed by atoms with Crippen molar-refractivity contribution in [3.63, 3.8) is 0 Å². The van der Waals surface area contributed by atoms with Gasteiger partial charge in [-0.3, -0.25) is 4.72 Å². The topological polar surface area (TPSA) is 79.3 Å². The summed E-state index contributed by atoms with van der Waals surface area (Å²) >= 11 is 12.7. The Hall–Kier alpha value is -1.30. The molecule has 1 aromatic heterocycles. The summed E-state index contributed by atoms with van der Waals surface area (Å²) in [6.45, 7) is -0.281. The van der Waals surface area contributed by atoms with Crippen molar-refractivity contribution < 1.29 is 13.5 Å². The number of benzene rings is 1. The second-order valence-electron chi connectivity index (χ2n) is 3.67. The van der Waals surface area contributed by atoms with Gasteiger partial charge in [0.15, 0.2) is 5.13 Å². The van der Waals surface area contributed by atoms with Gasteiger partial charge >= 0.3 is 0 Å². The maximum absolute atomic E-state index is 12.2. The smallest absolute Gasteiger partial charge is 0.265 e. The summed E-state index contributed by atoms with van der Waals surface area (Å²) in [7, 11) is -3.89. The molecule has 0 saturated carbocycles. The summed E-state index contributed by atoms with van der Waals surface area (Å²) in [5.41, 5.74) is 0. The van der Waals surface area contributed by atoms with E-state index in [9.17, 15) is 8.42 Å². The number of anilines is 1. The van der Waals surface area contributed by atoms with E-state index in [2.05, 4.69) is 21.5 Å². The molecule has 0 bridgehead atoms. The first-order valence-corrected chi connectivity index (χ1v) is 8.51. The van der Waals surface area contributed by atoms with Crippen LogP contribution in [0.15, 0.2) is 29.3 Å². The number of nitrogens with zero attached hydrogens (tertiary/aromatic N) is 1. The highest BCUT2D eigenvalue weighted by Crippen LogP contribution is 2.28. The zero-order valence-electron chi connectivity index (χ0n) is 10.3. The highest BCUT2D eigenvalue weighted by atomic mass is 35.5. The number of sulfonamides is 1. The molecule has 0 aliphatic rings. The van der Waals surface area contributed by atoms with E-state index >= 15 is 0 Å². The summed E-state index contributed by atoms with van der Waals surface area (Å²) in [6, 6.07) is 4.15. The Morgan fingerprint density at radius 1 is 1.38 bits per heavy atom. The maximum atomic E-state index is 12.2. The van der Waals surface area contributed by atoms with Gasteiger partial charge in [-0.1, -0.05) is 46.4 Å². The lowest BCUT2D eigenvalue weighted by Gasteiger charge is -2.07. The van der Waals surface area contributed by atoms with E-state index in [-0.39, 0.29) is 26.7 Å². The molecule has 0 spiro atoms. The van der Waals surface area contributed by atoms with E-state index in [0.717, 1.165) is 11.3 Å². The lowest BCUT2D eigenvalue weighted by atomic mass is 10.4. The van der Waals surface area contributed by atoms with Gasteiger partial charge in [0.1, 0.15) is 11.5 Å². The van der Waals surface area contributed by atoms with E-state index in [4.69, 9.17) is 28.3 Å². The Morgan fingerprint density at radius 2 is 2.14 bits per heavy atom. The Bertz CT molecular complexity index is 823. The van der Waals surface area contributed by atoms with E-state index in [0.29, 0.717) is 4.88 Å². The minimum absolute atomic E-state index is 0.0590. The second-order valence-corrected chi connectivity index (χ2v) is 7.19. The monoisotopic (exact) mass is 362 g/mol. The van der Waals surface area contributed by atoms with Crippen LogP contribution in [0.25, 0.3) is 0 Å². The molecule has 0 aliphatic heterocycles. The molecule has 0 aliphatic carbocycles. The van der Waals surface area contributed by atoms with Crippen LogP contribution in [0.5, 0.6) is 0 Å². The molecule has 2 aromatic rings. The van der Waals surface area contributed by atoms with E-state index in [1.807, 2.05) is 0 Å². The zero-order valence-corrected chi connectivity index (χ0v) is 13.4. The number of hydrogen-bond donors (Lipinski definition) is 2. The van der Waals surface area contributed by atoms with Crippen LogP contribution in [-0.2, 0) is 10.0 Å². The van der Waals surface area contributed by atoms with Gasteiger partial charge in [0.25, 0.3) is 10.0 Å². The fraction of sp³-hybridized carbons (Fsp3) is 0.0833. The molecule has 0 fully saturated rings. The average molecular weight is 363 g/mol. The van der Waals surface area contributed by atoms with Crippen LogP contribution in [0.2, 0.25) is 10.0 Å². The summed E-state index contributed by atoms with van der Waals surface area (Å²) in [5, 5.41) is 9.06. The molecular formula is C12H8Cl2N2O3S2. The Morgan fingerprint density at radius 3 is 2.86 bits per heavy atom. The van der Waals surface area contributed by atoms with Crippen LogP contribution in [0.1, 0.15) is 4.88 Å². The molecule has 1 heterocycles. The SMILES string of the molecule is O=S(=O)(Nc1ncc(C#CCO)s1)c1cc(Cl)ccc1Cl. The van der Waals surface area contributed by atoms with Gasteiger partial charge in [0.2, 0.25) is 0 Å². The number of nitrogens with one attached hydrogen (secondary N) is 1. The zero-order chi connectivity index (χ0) is 15.5. The minimum Gasteiger partial charge on any atom is -0.384 e. The van der Waals surface area contributed by atoms with Crippen molar-refractivity contribution in [1.29, 1.82) is 0 Å². The maximum Gasteiger partial charge on any atom is 0.265 e. The summed E-state index contributed by atoms with van der Waals surface area (Å²) in [6.07, 6.45) is 1.41. The van der Waals surface area contributed by atoms with Gasteiger partial charge in [-0.05, 0) is 18.2 Å². The normalized spacial score (nSPS) is 10.8. The number of aromatic nitrogens is 1. The number of aliphatic hydroxyl groups excluding tert-OH is 1. The van der Waals surface area contributed by atoms with E-state index in [1.165, 1.54) is 24.4 Å². The third-order valence-electron chi connectivity index (χ3n) is 2.20. The minimum atomic E-state index is -3.89. The van der Waals surface area contributed by atoms with Crippen LogP contribution in [0.3, 0.4) is 0 Å². The molecule has 5 nitrogen and oxygen atoms in total.